The zero-order valence-corrected chi connectivity index (χ0v) is 14.6. The fraction of sp³-hybridized carbons (Fsp3) is 0.176. The summed E-state index contributed by atoms with van der Waals surface area (Å²) in [6, 6.07) is 8.88. The number of rotatable bonds is 5. The van der Waals surface area contributed by atoms with Crippen molar-refractivity contribution in [3.63, 3.8) is 0 Å². The van der Waals surface area contributed by atoms with Gasteiger partial charge in [-0.25, -0.2) is 9.59 Å². The van der Waals surface area contributed by atoms with Crippen molar-refractivity contribution in [1.82, 2.24) is 0 Å². The number of methoxy groups -OCH3 is 3. The number of carbonyl (C=O) groups is 2. The summed E-state index contributed by atoms with van der Waals surface area (Å²) in [5, 5.41) is 5.67. The third-order valence-electron chi connectivity index (χ3n) is 3.29. The Morgan fingerprint density at radius 2 is 1.56 bits per heavy atom. The number of benzene rings is 2. The molecule has 2 rings (SSSR count). The summed E-state index contributed by atoms with van der Waals surface area (Å²) in [7, 11) is 4.24. The third kappa shape index (κ3) is 4.54. The summed E-state index contributed by atoms with van der Waals surface area (Å²) in [5.74, 6) is 0.344. The largest absolute Gasteiger partial charge is 0.495 e. The number of amides is 2. The van der Waals surface area contributed by atoms with Crippen molar-refractivity contribution in [2.75, 3.05) is 32.0 Å². The summed E-state index contributed by atoms with van der Waals surface area (Å²) in [4.78, 5) is 23.6. The van der Waals surface area contributed by atoms with E-state index < -0.39 is 12.0 Å². The van der Waals surface area contributed by atoms with Crippen LogP contribution in [0.5, 0.6) is 11.5 Å². The van der Waals surface area contributed by atoms with Gasteiger partial charge in [0, 0.05) is 17.8 Å². The van der Waals surface area contributed by atoms with Crippen LogP contribution in [0.25, 0.3) is 0 Å². The molecule has 0 atom stereocenters. The van der Waals surface area contributed by atoms with Crippen molar-refractivity contribution < 1.29 is 23.8 Å². The Kier molecular flexibility index (Phi) is 6.08. The van der Waals surface area contributed by atoms with Crippen LogP contribution in [0.4, 0.5) is 16.2 Å². The highest BCUT2D eigenvalue weighted by Crippen LogP contribution is 2.35. The van der Waals surface area contributed by atoms with Crippen molar-refractivity contribution in [1.29, 1.82) is 0 Å². The first-order valence-electron chi connectivity index (χ1n) is 7.16. The van der Waals surface area contributed by atoms with Gasteiger partial charge in [-0.1, -0.05) is 11.6 Å². The Hall–Kier alpha value is -2.93. The smallest absolute Gasteiger partial charge is 0.337 e. The van der Waals surface area contributed by atoms with Crippen molar-refractivity contribution in [2.45, 2.75) is 0 Å². The predicted molar refractivity (Wildman–Crippen MR) is 95.0 cm³/mol. The average molecular weight is 365 g/mol. The SMILES string of the molecule is COC(=O)c1ccc(NC(=O)Nc2cc(OC)c(Cl)cc2OC)cc1. The Morgan fingerprint density at radius 3 is 2.12 bits per heavy atom. The summed E-state index contributed by atoms with van der Waals surface area (Å²) < 4.78 is 14.9. The van der Waals surface area contributed by atoms with Gasteiger partial charge in [0.1, 0.15) is 11.5 Å². The van der Waals surface area contributed by atoms with Gasteiger partial charge >= 0.3 is 12.0 Å². The number of hydrogen-bond donors (Lipinski definition) is 2. The number of nitrogens with one attached hydrogen (secondary N) is 2. The van der Waals surface area contributed by atoms with Crippen LogP contribution in [-0.4, -0.2) is 33.3 Å². The lowest BCUT2D eigenvalue weighted by Crippen LogP contribution is -2.20. The molecule has 7 nitrogen and oxygen atoms in total. The Balaban J connectivity index is 2.11. The summed E-state index contributed by atoms with van der Waals surface area (Å²) in [6.07, 6.45) is 0. The zero-order valence-electron chi connectivity index (χ0n) is 13.9. The minimum Gasteiger partial charge on any atom is -0.495 e. The van der Waals surface area contributed by atoms with Gasteiger partial charge in [0.25, 0.3) is 0 Å². The topological polar surface area (TPSA) is 85.9 Å². The monoisotopic (exact) mass is 364 g/mol. The molecule has 2 aromatic carbocycles. The molecule has 0 radical (unpaired) electrons. The maximum Gasteiger partial charge on any atom is 0.337 e. The van der Waals surface area contributed by atoms with Crippen LogP contribution >= 0.6 is 11.6 Å². The van der Waals surface area contributed by atoms with E-state index in [4.69, 9.17) is 21.1 Å². The van der Waals surface area contributed by atoms with E-state index in [0.29, 0.717) is 33.5 Å². The molecule has 0 unspecified atom stereocenters. The second-order valence-corrected chi connectivity index (χ2v) is 5.24. The first kappa shape index (κ1) is 18.4. The number of hydrogen-bond acceptors (Lipinski definition) is 5. The number of esters is 1. The van der Waals surface area contributed by atoms with Gasteiger partial charge in [-0.2, -0.15) is 0 Å². The van der Waals surface area contributed by atoms with Gasteiger partial charge in [-0.05, 0) is 24.3 Å². The summed E-state index contributed by atoms with van der Waals surface area (Å²) in [6.45, 7) is 0. The fourth-order valence-corrected chi connectivity index (χ4v) is 2.28. The molecule has 25 heavy (non-hydrogen) atoms. The molecular formula is C17H17ClN2O5. The molecule has 0 bridgehead atoms. The molecule has 0 aliphatic carbocycles. The van der Waals surface area contributed by atoms with E-state index in [1.165, 1.54) is 21.3 Å². The first-order valence-corrected chi connectivity index (χ1v) is 7.54. The predicted octanol–water partition coefficient (Wildman–Crippen LogP) is 3.79. The molecule has 8 heteroatoms. The van der Waals surface area contributed by atoms with Gasteiger partial charge in [0.05, 0.1) is 37.6 Å². The minimum atomic E-state index is -0.492. The van der Waals surface area contributed by atoms with E-state index in [1.807, 2.05) is 0 Å². The fourth-order valence-electron chi connectivity index (χ4n) is 2.05. The van der Waals surface area contributed by atoms with Gasteiger partial charge in [0.15, 0.2) is 0 Å². The van der Waals surface area contributed by atoms with E-state index in [-0.39, 0.29) is 0 Å². The third-order valence-corrected chi connectivity index (χ3v) is 3.58. The Morgan fingerprint density at radius 1 is 0.920 bits per heavy atom. The molecule has 0 aliphatic rings. The molecule has 132 valence electrons. The molecule has 0 fully saturated rings. The van der Waals surface area contributed by atoms with E-state index in [0.717, 1.165) is 0 Å². The highest BCUT2D eigenvalue weighted by Gasteiger charge is 2.13. The normalized spacial score (nSPS) is 9.92. The van der Waals surface area contributed by atoms with Crippen molar-refractivity contribution in [3.8, 4) is 11.5 Å². The van der Waals surface area contributed by atoms with Gasteiger partial charge < -0.3 is 24.8 Å². The van der Waals surface area contributed by atoms with Crippen LogP contribution < -0.4 is 20.1 Å². The number of halogens is 1. The first-order chi connectivity index (χ1) is 12.0. The van der Waals surface area contributed by atoms with Crippen molar-refractivity contribution in [2.24, 2.45) is 0 Å². The standard InChI is InChI=1S/C17H17ClN2O5/c1-23-14-9-13(15(24-2)8-12(14)18)20-17(22)19-11-6-4-10(5-7-11)16(21)25-3/h4-9H,1-3H3,(H2,19,20,22). The summed E-state index contributed by atoms with van der Waals surface area (Å²) >= 11 is 6.03. The van der Waals surface area contributed by atoms with Crippen LogP contribution in [0.2, 0.25) is 5.02 Å². The van der Waals surface area contributed by atoms with Crippen LogP contribution in [-0.2, 0) is 4.74 Å². The van der Waals surface area contributed by atoms with Crippen molar-refractivity contribution in [3.05, 3.63) is 47.0 Å². The van der Waals surface area contributed by atoms with E-state index >= 15 is 0 Å². The lowest BCUT2D eigenvalue weighted by atomic mass is 10.2. The molecule has 0 spiro atoms. The zero-order chi connectivity index (χ0) is 18.4. The molecule has 0 saturated heterocycles. The second-order valence-electron chi connectivity index (χ2n) is 4.84. The Bertz CT molecular complexity index is 777. The number of ether oxygens (including phenoxy) is 3. The highest BCUT2D eigenvalue weighted by molar-refractivity contribution is 6.32. The second kappa shape index (κ2) is 8.25. The lowest BCUT2D eigenvalue weighted by Gasteiger charge is -2.13. The number of urea groups is 1. The molecular weight excluding hydrogens is 348 g/mol. The lowest BCUT2D eigenvalue weighted by molar-refractivity contribution is 0.0600. The highest BCUT2D eigenvalue weighted by atomic mass is 35.5. The Labute approximate surface area is 149 Å². The quantitative estimate of drug-likeness (QED) is 0.788. The van der Waals surface area contributed by atoms with E-state index in [1.54, 1.807) is 36.4 Å². The summed E-state index contributed by atoms with van der Waals surface area (Å²) in [5.41, 5.74) is 1.29. The van der Waals surface area contributed by atoms with Crippen molar-refractivity contribution >= 4 is 35.0 Å². The molecule has 2 amide bonds. The molecule has 2 aromatic rings. The molecule has 2 N–H and O–H groups in total. The van der Waals surface area contributed by atoms with Gasteiger partial charge in [0.2, 0.25) is 0 Å². The number of anilines is 2. The molecule has 0 aromatic heterocycles. The van der Waals surface area contributed by atoms with E-state index in [9.17, 15) is 9.59 Å². The molecule has 0 heterocycles. The minimum absolute atomic E-state index is 0.365. The molecule has 0 saturated carbocycles. The van der Waals surface area contributed by atoms with Crippen LogP contribution in [0, 0.1) is 0 Å². The van der Waals surface area contributed by atoms with Crippen LogP contribution in [0.3, 0.4) is 0 Å². The number of carbonyl (C=O) groups excluding carboxylic acids is 2. The van der Waals surface area contributed by atoms with Gasteiger partial charge in [-0.3, -0.25) is 0 Å². The maximum atomic E-state index is 12.2. The van der Waals surface area contributed by atoms with Crippen LogP contribution in [0.15, 0.2) is 36.4 Å². The maximum absolute atomic E-state index is 12.2. The average Bonchev–Trinajstić information content (AvgIpc) is 2.62. The van der Waals surface area contributed by atoms with E-state index in [2.05, 4.69) is 15.4 Å². The van der Waals surface area contributed by atoms with Crippen LogP contribution in [0.1, 0.15) is 10.4 Å². The van der Waals surface area contributed by atoms with Gasteiger partial charge in [-0.15, -0.1) is 0 Å². The molecule has 0 aliphatic heterocycles.